The van der Waals surface area contributed by atoms with E-state index in [1.165, 1.54) is 38.6 Å². The largest absolute Gasteiger partial charge is 0.383 e. The van der Waals surface area contributed by atoms with E-state index in [9.17, 15) is 0 Å². The fourth-order valence-electron chi connectivity index (χ4n) is 2.01. The Bertz CT molecular complexity index is 179. The van der Waals surface area contributed by atoms with Crippen LogP contribution in [0.15, 0.2) is 0 Å². The first-order valence-electron chi connectivity index (χ1n) is 7.30. The van der Waals surface area contributed by atoms with Gasteiger partial charge in [0.1, 0.15) is 0 Å². The molecule has 0 bridgehead atoms. The molecule has 0 aliphatic heterocycles. The van der Waals surface area contributed by atoms with Crippen LogP contribution in [0.25, 0.3) is 0 Å². The van der Waals surface area contributed by atoms with Crippen LogP contribution in [0.3, 0.4) is 0 Å². The molecule has 1 aliphatic carbocycles. The highest BCUT2D eigenvalue weighted by Gasteiger charge is 2.19. The summed E-state index contributed by atoms with van der Waals surface area (Å²) >= 11 is 0. The highest BCUT2D eigenvalue weighted by Crippen LogP contribution is 2.18. The third-order valence-corrected chi connectivity index (χ3v) is 3.38. The molecule has 4 heteroatoms. The van der Waals surface area contributed by atoms with Crippen LogP contribution < -0.4 is 5.32 Å². The Morgan fingerprint density at radius 2 is 1.61 bits per heavy atom. The lowest BCUT2D eigenvalue weighted by Gasteiger charge is -2.21. The summed E-state index contributed by atoms with van der Waals surface area (Å²) in [6.07, 6.45) is 6.68. The quantitative estimate of drug-likeness (QED) is 0.508. The van der Waals surface area contributed by atoms with Crippen molar-refractivity contribution in [2.75, 3.05) is 53.6 Å². The normalized spacial score (nSPS) is 15.5. The second-order valence-electron chi connectivity index (χ2n) is 5.12. The van der Waals surface area contributed by atoms with Crippen molar-refractivity contribution in [2.45, 2.75) is 38.1 Å². The zero-order valence-corrected chi connectivity index (χ0v) is 12.1. The Balaban J connectivity index is 1.92. The summed E-state index contributed by atoms with van der Waals surface area (Å²) in [5.74, 6) is 0. The van der Waals surface area contributed by atoms with E-state index in [2.05, 4.69) is 10.2 Å². The molecule has 0 atom stereocenters. The third kappa shape index (κ3) is 8.86. The lowest BCUT2D eigenvalue weighted by molar-refractivity contribution is 0.113. The van der Waals surface area contributed by atoms with Crippen LogP contribution in [-0.4, -0.2) is 64.6 Å². The minimum Gasteiger partial charge on any atom is -0.383 e. The van der Waals surface area contributed by atoms with E-state index in [0.29, 0.717) is 0 Å². The molecule has 1 saturated carbocycles. The van der Waals surface area contributed by atoms with E-state index in [0.717, 1.165) is 38.9 Å². The van der Waals surface area contributed by atoms with Crippen molar-refractivity contribution in [3.8, 4) is 0 Å². The predicted molar refractivity (Wildman–Crippen MR) is 75.1 cm³/mol. The molecule has 108 valence electrons. The molecule has 1 aliphatic rings. The molecular formula is C14H30N2O2. The minimum atomic E-state index is 0.812. The van der Waals surface area contributed by atoms with Gasteiger partial charge in [0.25, 0.3) is 0 Å². The minimum absolute atomic E-state index is 0.812. The number of ether oxygens (including phenoxy) is 2. The Morgan fingerprint density at radius 1 is 0.944 bits per heavy atom. The number of hydrogen-bond donors (Lipinski definition) is 1. The second-order valence-corrected chi connectivity index (χ2v) is 5.12. The maximum atomic E-state index is 5.14. The molecule has 0 spiro atoms. The predicted octanol–water partition coefficient (Wildman–Crippen LogP) is 1.50. The number of rotatable bonds is 13. The summed E-state index contributed by atoms with van der Waals surface area (Å²) in [6, 6.07) is 0.852. The highest BCUT2D eigenvalue weighted by atomic mass is 16.5. The second kappa shape index (κ2) is 10.7. The summed E-state index contributed by atoms with van der Waals surface area (Å²) in [5, 5.41) is 3.56. The molecule has 0 heterocycles. The van der Waals surface area contributed by atoms with Gasteiger partial charge in [-0.15, -0.1) is 0 Å². The van der Waals surface area contributed by atoms with Gasteiger partial charge in [0.05, 0.1) is 13.2 Å². The molecule has 1 rings (SSSR count). The van der Waals surface area contributed by atoms with Gasteiger partial charge in [0.2, 0.25) is 0 Å². The number of hydrogen-bond acceptors (Lipinski definition) is 4. The van der Waals surface area contributed by atoms with Gasteiger partial charge in [-0.2, -0.15) is 0 Å². The molecule has 1 fully saturated rings. The van der Waals surface area contributed by atoms with Crippen molar-refractivity contribution in [1.82, 2.24) is 10.2 Å². The number of methoxy groups -OCH3 is 2. The topological polar surface area (TPSA) is 33.7 Å². The Labute approximate surface area is 112 Å². The van der Waals surface area contributed by atoms with Crippen molar-refractivity contribution in [3.05, 3.63) is 0 Å². The van der Waals surface area contributed by atoms with Crippen LogP contribution in [0.5, 0.6) is 0 Å². The molecule has 0 amide bonds. The maximum absolute atomic E-state index is 5.14. The molecule has 18 heavy (non-hydrogen) atoms. The zero-order chi connectivity index (χ0) is 13.1. The summed E-state index contributed by atoms with van der Waals surface area (Å²) in [7, 11) is 3.52. The summed E-state index contributed by atoms with van der Waals surface area (Å²) < 4.78 is 10.3. The van der Waals surface area contributed by atoms with E-state index in [-0.39, 0.29) is 0 Å². The molecule has 0 aromatic carbocycles. The molecular weight excluding hydrogens is 228 g/mol. The van der Waals surface area contributed by atoms with Crippen LogP contribution >= 0.6 is 0 Å². The lowest BCUT2D eigenvalue weighted by atomic mass is 10.2. The van der Waals surface area contributed by atoms with Gasteiger partial charge in [-0.05, 0) is 38.8 Å². The van der Waals surface area contributed by atoms with Gasteiger partial charge in [0.15, 0.2) is 0 Å². The zero-order valence-electron chi connectivity index (χ0n) is 12.1. The molecule has 1 N–H and O–H groups in total. The van der Waals surface area contributed by atoms with Crippen molar-refractivity contribution in [3.63, 3.8) is 0 Å². The summed E-state index contributed by atoms with van der Waals surface area (Å²) in [5.41, 5.74) is 0. The van der Waals surface area contributed by atoms with E-state index in [1.54, 1.807) is 14.2 Å². The van der Waals surface area contributed by atoms with Crippen LogP contribution in [0.1, 0.15) is 32.1 Å². The van der Waals surface area contributed by atoms with Crippen LogP contribution in [0.4, 0.5) is 0 Å². The van der Waals surface area contributed by atoms with Crippen LogP contribution in [-0.2, 0) is 9.47 Å². The van der Waals surface area contributed by atoms with Gasteiger partial charge in [0, 0.05) is 33.4 Å². The smallest absolute Gasteiger partial charge is 0.0589 e. The fourth-order valence-corrected chi connectivity index (χ4v) is 2.01. The number of unbranched alkanes of at least 4 members (excludes halogenated alkanes) is 2. The van der Waals surface area contributed by atoms with Gasteiger partial charge >= 0.3 is 0 Å². The third-order valence-electron chi connectivity index (χ3n) is 3.38. The molecule has 0 aromatic heterocycles. The monoisotopic (exact) mass is 258 g/mol. The average Bonchev–Trinajstić information content (AvgIpc) is 3.20. The Kier molecular flexibility index (Phi) is 9.48. The molecule has 0 radical (unpaired) electrons. The van der Waals surface area contributed by atoms with Gasteiger partial charge in [-0.1, -0.05) is 6.42 Å². The summed E-state index contributed by atoms with van der Waals surface area (Å²) in [6.45, 7) is 6.01. The summed E-state index contributed by atoms with van der Waals surface area (Å²) in [4.78, 5) is 2.43. The first kappa shape index (κ1) is 15.9. The first-order valence-corrected chi connectivity index (χ1v) is 7.30. The SMILES string of the molecule is COCCN(CCCCCNC1CC1)CCOC. The van der Waals surface area contributed by atoms with Gasteiger partial charge < -0.3 is 14.8 Å². The van der Waals surface area contributed by atoms with Crippen LogP contribution in [0.2, 0.25) is 0 Å². The first-order chi connectivity index (χ1) is 8.86. The van der Waals surface area contributed by atoms with Crippen molar-refractivity contribution >= 4 is 0 Å². The van der Waals surface area contributed by atoms with E-state index in [4.69, 9.17) is 9.47 Å². The lowest BCUT2D eigenvalue weighted by Crippen LogP contribution is -2.31. The molecule has 4 nitrogen and oxygen atoms in total. The number of nitrogens with zero attached hydrogens (tertiary/aromatic N) is 1. The van der Waals surface area contributed by atoms with E-state index < -0.39 is 0 Å². The standard InChI is InChI=1S/C14H30N2O2/c1-17-12-10-16(11-13-18-2)9-5-3-4-8-15-14-6-7-14/h14-15H,3-13H2,1-2H3. The van der Waals surface area contributed by atoms with Crippen molar-refractivity contribution in [1.29, 1.82) is 0 Å². The Hall–Kier alpha value is -0.160. The molecule has 0 saturated heterocycles. The van der Waals surface area contributed by atoms with Crippen molar-refractivity contribution < 1.29 is 9.47 Å². The fraction of sp³-hybridized carbons (Fsp3) is 1.00. The van der Waals surface area contributed by atoms with Gasteiger partial charge in [-0.3, -0.25) is 4.90 Å². The average molecular weight is 258 g/mol. The molecule has 0 unspecified atom stereocenters. The van der Waals surface area contributed by atoms with E-state index in [1.807, 2.05) is 0 Å². The highest BCUT2D eigenvalue weighted by molar-refractivity contribution is 4.80. The number of nitrogens with one attached hydrogen (secondary N) is 1. The van der Waals surface area contributed by atoms with Crippen molar-refractivity contribution in [2.24, 2.45) is 0 Å². The molecule has 0 aromatic rings. The van der Waals surface area contributed by atoms with E-state index >= 15 is 0 Å². The Morgan fingerprint density at radius 3 is 2.17 bits per heavy atom. The van der Waals surface area contributed by atoms with Crippen LogP contribution in [0, 0.1) is 0 Å². The van der Waals surface area contributed by atoms with Gasteiger partial charge in [-0.25, -0.2) is 0 Å². The maximum Gasteiger partial charge on any atom is 0.0589 e.